The summed E-state index contributed by atoms with van der Waals surface area (Å²) in [6.07, 6.45) is 1.61. The molecule has 7 heteroatoms. The predicted molar refractivity (Wildman–Crippen MR) is 102 cm³/mol. The largest absolute Gasteiger partial charge is 0.384 e. The molecule has 146 valence electrons. The van der Waals surface area contributed by atoms with Crippen molar-refractivity contribution < 1.29 is 17.9 Å². The highest BCUT2D eigenvalue weighted by Crippen LogP contribution is 2.24. The number of nitrogens with one attached hydrogen (secondary N) is 1. The van der Waals surface area contributed by atoms with Crippen molar-refractivity contribution in [1.29, 1.82) is 0 Å². The first-order valence-corrected chi connectivity index (χ1v) is 10.5. The van der Waals surface area contributed by atoms with E-state index in [9.17, 15) is 13.2 Å². The van der Waals surface area contributed by atoms with Gasteiger partial charge in [0.1, 0.15) is 0 Å². The summed E-state index contributed by atoms with van der Waals surface area (Å²) in [4.78, 5) is 14.1. The molecule has 0 aliphatic carbocycles. The molecule has 1 saturated heterocycles. The average Bonchev–Trinajstić information content (AvgIpc) is 2.59. The van der Waals surface area contributed by atoms with Crippen LogP contribution in [0.4, 0.5) is 0 Å². The number of rotatable bonds is 6. The summed E-state index contributed by atoms with van der Waals surface area (Å²) in [5, 5.41) is 0. The van der Waals surface area contributed by atoms with Crippen molar-refractivity contribution in [2.45, 2.75) is 56.4 Å². The molecular weight excluding hydrogens is 352 g/mol. The second-order valence-electron chi connectivity index (χ2n) is 7.79. The third-order valence-corrected chi connectivity index (χ3v) is 6.26. The normalized spacial score (nSPS) is 16.7. The highest BCUT2D eigenvalue weighted by atomic mass is 32.2. The molecule has 2 rings (SSSR count). The number of carbonyl (C=O) groups is 1. The second-order valence-corrected chi connectivity index (χ2v) is 9.51. The van der Waals surface area contributed by atoms with E-state index in [1.807, 2.05) is 12.1 Å². The number of piperidine rings is 1. The molecule has 1 heterocycles. The molecule has 1 aromatic rings. The van der Waals surface area contributed by atoms with Gasteiger partial charge in [-0.2, -0.15) is 0 Å². The zero-order chi connectivity index (χ0) is 19.4. The van der Waals surface area contributed by atoms with Gasteiger partial charge < -0.3 is 9.64 Å². The molecule has 1 fully saturated rings. The van der Waals surface area contributed by atoms with Gasteiger partial charge in [0.15, 0.2) is 0 Å². The number of likely N-dealkylation sites (tertiary alicyclic amines) is 1. The van der Waals surface area contributed by atoms with Crippen molar-refractivity contribution in [3.05, 3.63) is 29.8 Å². The summed E-state index contributed by atoms with van der Waals surface area (Å²) in [7, 11) is -1.98. The Labute approximate surface area is 157 Å². The van der Waals surface area contributed by atoms with E-state index in [0.717, 1.165) is 5.56 Å². The number of hydrogen-bond donors (Lipinski definition) is 1. The number of ether oxygens (including phenoxy) is 1. The molecule has 1 aliphatic heterocycles. The van der Waals surface area contributed by atoms with Gasteiger partial charge in [0, 0.05) is 26.2 Å². The molecule has 1 N–H and O–H groups in total. The van der Waals surface area contributed by atoms with Crippen LogP contribution < -0.4 is 4.72 Å². The Morgan fingerprint density at radius 2 is 1.77 bits per heavy atom. The van der Waals surface area contributed by atoms with Crippen LogP contribution in [0.2, 0.25) is 0 Å². The van der Waals surface area contributed by atoms with Crippen LogP contribution in [0.1, 0.15) is 45.6 Å². The van der Waals surface area contributed by atoms with E-state index in [-0.39, 0.29) is 22.3 Å². The van der Waals surface area contributed by atoms with E-state index in [2.05, 4.69) is 25.5 Å². The molecule has 1 aliphatic rings. The molecule has 0 saturated carbocycles. The van der Waals surface area contributed by atoms with Gasteiger partial charge in [-0.15, -0.1) is 0 Å². The molecule has 0 bridgehead atoms. The summed E-state index contributed by atoms with van der Waals surface area (Å²) in [5.41, 5.74) is 1.08. The van der Waals surface area contributed by atoms with Crippen LogP contribution in [0.3, 0.4) is 0 Å². The van der Waals surface area contributed by atoms with Crippen LogP contribution in [-0.4, -0.2) is 52.1 Å². The van der Waals surface area contributed by atoms with E-state index >= 15 is 0 Å². The minimum absolute atomic E-state index is 0.0160. The monoisotopic (exact) mass is 382 g/mol. The Kier molecular flexibility index (Phi) is 6.82. The number of hydrogen-bond acceptors (Lipinski definition) is 4. The number of sulfonamides is 1. The summed E-state index contributed by atoms with van der Waals surface area (Å²) < 4.78 is 32.9. The third kappa shape index (κ3) is 5.53. The van der Waals surface area contributed by atoms with Crippen LogP contribution in [0, 0.1) is 0 Å². The standard InChI is InChI=1S/C19H30N2O4S/c1-19(2,3)15-5-7-17(8-6-15)26(23,24)20-16-9-12-21(13-10-16)18(22)11-14-25-4/h5-8,16,20H,9-14H2,1-4H3. The zero-order valence-electron chi connectivity index (χ0n) is 16.1. The van der Waals surface area contributed by atoms with Gasteiger partial charge in [0.2, 0.25) is 15.9 Å². The van der Waals surface area contributed by atoms with E-state index < -0.39 is 10.0 Å². The summed E-state index contributed by atoms with van der Waals surface area (Å²) in [5.74, 6) is 0.0610. The zero-order valence-corrected chi connectivity index (χ0v) is 16.9. The molecule has 0 atom stereocenters. The van der Waals surface area contributed by atoms with E-state index in [1.165, 1.54) is 0 Å². The topological polar surface area (TPSA) is 75.7 Å². The van der Waals surface area contributed by atoms with Gasteiger partial charge in [-0.05, 0) is 36.0 Å². The lowest BCUT2D eigenvalue weighted by Crippen LogP contribution is -2.46. The molecule has 0 unspecified atom stereocenters. The first-order chi connectivity index (χ1) is 12.1. The second kappa shape index (κ2) is 8.50. The Balaban J connectivity index is 1.93. The quantitative estimate of drug-likeness (QED) is 0.819. The summed E-state index contributed by atoms with van der Waals surface area (Å²) in [6.45, 7) is 7.83. The number of carbonyl (C=O) groups excluding carboxylic acids is 1. The lowest BCUT2D eigenvalue weighted by atomic mass is 9.87. The molecule has 0 spiro atoms. The van der Waals surface area contributed by atoms with Crippen molar-refractivity contribution in [2.24, 2.45) is 0 Å². The SMILES string of the molecule is COCCC(=O)N1CCC(NS(=O)(=O)c2ccc(C(C)(C)C)cc2)CC1. The third-order valence-electron chi connectivity index (χ3n) is 4.72. The highest BCUT2D eigenvalue weighted by Gasteiger charge is 2.26. The van der Waals surface area contributed by atoms with E-state index in [1.54, 1.807) is 24.1 Å². The Hall–Kier alpha value is -1.44. The molecular formula is C19H30N2O4S. The van der Waals surface area contributed by atoms with E-state index in [4.69, 9.17) is 4.74 Å². The van der Waals surface area contributed by atoms with Crippen molar-refractivity contribution in [3.8, 4) is 0 Å². The molecule has 26 heavy (non-hydrogen) atoms. The fourth-order valence-electron chi connectivity index (χ4n) is 3.02. The minimum atomic E-state index is -3.55. The lowest BCUT2D eigenvalue weighted by Gasteiger charge is -2.32. The Morgan fingerprint density at radius 3 is 2.27 bits per heavy atom. The first kappa shape index (κ1) is 20.9. The Morgan fingerprint density at radius 1 is 1.19 bits per heavy atom. The molecule has 0 aromatic heterocycles. The van der Waals surface area contributed by atoms with Gasteiger partial charge in [-0.1, -0.05) is 32.9 Å². The highest BCUT2D eigenvalue weighted by molar-refractivity contribution is 7.89. The summed E-state index contributed by atoms with van der Waals surface area (Å²) in [6, 6.07) is 6.91. The fraction of sp³-hybridized carbons (Fsp3) is 0.632. The van der Waals surface area contributed by atoms with Crippen LogP contribution in [0.5, 0.6) is 0 Å². The van der Waals surface area contributed by atoms with E-state index in [0.29, 0.717) is 39.0 Å². The number of methoxy groups -OCH3 is 1. The minimum Gasteiger partial charge on any atom is -0.384 e. The molecule has 6 nitrogen and oxygen atoms in total. The maximum atomic E-state index is 12.6. The van der Waals surface area contributed by atoms with Gasteiger partial charge in [-0.3, -0.25) is 4.79 Å². The van der Waals surface area contributed by atoms with Crippen LogP contribution in [0.15, 0.2) is 29.2 Å². The molecule has 0 radical (unpaired) electrons. The van der Waals surface area contributed by atoms with Crippen LogP contribution in [-0.2, 0) is 25.0 Å². The number of nitrogens with zero attached hydrogens (tertiary/aromatic N) is 1. The number of benzene rings is 1. The van der Waals surface area contributed by atoms with Crippen molar-refractivity contribution >= 4 is 15.9 Å². The van der Waals surface area contributed by atoms with Crippen molar-refractivity contribution in [1.82, 2.24) is 9.62 Å². The van der Waals surface area contributed by atoms with Crippen LogP contribution in [0.25, 0.3) is 0 Å². The lowest BCUT2D eigenvalue weighted by molar-refractivity contribution is -0.133. The van der Waals surface area contributed by atoms with Gasteiger partial charge in [0.05, 0.1) is 17.9 Å². The predicted octanol–water partition coefficient (Wildman–Crippen LogP) is 2.29. The smallest absolute Gasteiger partial charge is 0.240 e. The maximum Gasteiger partial charge on any atom is 0.240 e. The first-order valence-electron chi connectivity index (χ1n) is 9.03. The van der Waals surface area contributed by atoms with Crippen LogP contribution >= 0.6 is 0 Å². The van der Waals surface area contributed by atoms with Crippen molar-refractivity contribution in [2.75, 3.05) is 26.8 Å². The van der Waals surface area contributed by atoms with Gasteiger partial charge >= 0.3 is 0 Å². The average molecular weight is 383 g/mol. The summed E-state index contributed by atoms with van der Waals surface area (Å²) >= 11 is 0. The van der Waals surface area contributed by atoms with Gasteiger partial charge in [0.25, 0.3) is 0 Å². The Bertz CT molecular complexity index is 700. The fourth-order valence-corrected chi connectivity index (χ4v) is 4.32. The molecule has 1 aromatic carbocycles. The van der Waals surface area contributed by atoms with Gasteiger partial charge in [-0.25, -0.2) is 13.1 Å². The molecule has 1 amide bonds. The van der Waals surface area contributed by atoms with Crippen molar-refractivity contribution in [3.63, 3.8) is 0 Å². The number of amides is 1. The maximum absolute atomic E-state index is 12.6.